The number of hydrogen-bond acceptors (Lipinski definition) is 5. The molecule has 0 fully saturated rings. The van der Waals surface area contributed by atoms with Crippen LogP contribution in [0.1, 0.15) is 18.1 Å². The summed E-state index contributed by atoms with van der Waals surface area (Å²) in [6, 6.07) is 19.9. The van der Waals surface area contributed by atoms with Crippen LogP contribution in [0.3, 0.4) is 0 Å². The van der Waals surface area contributed by atoms with Crippen molar-refractivity contribution in [2.75, 3.05) is 6.61 Å². The fraction of sp³-hybridized carbons (Fsp3) is 0.263. The van der Waals surface area contributed by atoms with Crippen LogP contribution in [0.15, 0.2) is 71.0 Å². The molecular weight excluding hydrogens is 304 g/mol. The highest BCUT2D eigenvalue weighted by molar-refractivity contribution is 6.11. The highest BCUT2D eigenvalue weighted by atomic mass is 16.8. The van der Waals surface area contributed by atoms with E-state index in [0.717, 1.165) is 22.6 Å². The van der Waals surface area contributed by atoms with Gasteiger partial charge >= 0.3 is 0 Å². The summed E-state index contributed by atoms with van der Waals surface area (Å²) in [6.45, 7) is 2.47. The third kappa shape index (κ3) is 2.57. The second kappa shape index (κ2) is 6.45. The van der Waals surface area contributed by atoms with Gasteiger partial charge in [0, 0.05) is 12.2 Å². The molecule has 24 heavy (non-hydrogen) atoms. The predicted molar refractivity (Wildman–Crippen MR) is 90.8 cm³/mol. The molecule has 0 amide bonds. The lowest BCUT2D eigenvalue weighted by atomic mass is 9.87. The molecule has 0 spiro atoms. The van der Waals surface area contributed by atoms with Crippen molar-refractivity contribution in [2.24, 2.45) is 16.2 Å². The van der Waals surface area contributed by atoms with E-state index in [2.05, 4.69) is 10.3 Å². The summed E-state index contributed by atoms with van der Waals surface area (Å²) >= 11 is 0. The molecule has 0 saturated carbocycles. The van der Waals surface area contributed by atoms with E-state index in [1.807, 2.05) is 67.6 Å². The molecule has 2 aromatic rings. The van der Waals surface area contributed by atoms with Gasteiger partial charge in [-0.15, -0.1) is 0 Å². The van der Waals surface area contributed by atoms with E-state index in [-0.39, 0.29) is 12.0 Å². The summed E-state index contributed by atoms with van der Waals surface area (Å²) in [5.41, 5.74) is 3.55. The molecule has 5 heteroatoms. The molecule has 5 nitrogen and oxygen atoms in total. The fourth-order valence-corrected chi connectivity index (χ4v) is 3.08. The summed E-state index contributed by atoms with van der Waals surface area (Å²) in [7, 11) is 0. The van der Waals surface area contributed by atoms with Crippen molar-refractivity contribution in [3.63, 3.8) is 0 Å². The predicted octanol–water partition coefficient (Wildman–Crippen LogP) is 3.20. The molecule has 0 bridgehead atoms. The van der Waals surface area contributed by atoms with Crippen LogP contribution >= 0.6 is 0 Å². The average molecular weight is 322 g/mol. The molecular formula is C19H18N2O3. The van der Waals surface area contributed by atoms with Gasteiger partial charge in [-0.2, -0.15) is 0 Å². The number of hydrogen-bond donors (Lipinski definition) is 0. The molecule has 0 unspecified atom stereocenters. The highest BCUT2D eigenvalue weighted by Gasteiger charge is 2.48. The van der Waals surface area contributed by atoms with Crippen LogP contribution in [0.2, 0.25) is 0 Å². The quantitative estimate of drug-likeness (QED) is 0.868. The summed E-state index contributed by atoms with van der Waals surface area (Å²) in [6.07, 6.45) is -0.818. The third-order valence-corrected chi connectivity index (χ3v) is 4.19. The minimum absolute atomic E-state index is 0.153. The number of rotatable bonds is 4. The van der Waals surface area contributed by atoms with Gasteiger partial charge in [0.05, 0.1) is 0 Å². The maximum Gasteiger partial charge on any atom is 0.239 e. The molecule has 4 rings (SSSR count). The maximum absolute atomic E-state index is 5.76. The Hall–Kier alpha value is -2.66. The van der Waals surface area contributed by atoms with Gasteiger partial charge in [-0.05, 0) is 12.5 Å². The first kappa shape index (κ1) is 14.9. The standard InChI is InChI=1S/C19H18N2O3/c1-2-22-19-15-16(13-9-5-3-6-10-13)20-23-18(15)17(21-24-19)14-11-7-4-8-12-14/h3-12,15,18-19H,2H2,1H3/t15-,18+,19-/m1/s1. The van der Waals surface area contributed by atoms with Crippen molar-refractivity contribution < 1.29 is 14.4 Å². The molecule has 2 heterocycles. The Morgan fingerprint density at radius 3 is 2.04 bits per heavy atom. The summed E-state index contributed by atoms with van der Waals surface area (Å²) < 4.78 is 5.74. The minimum Gasteiger partial charge on any atom is -0.385 e. The van der Waals surface area contributed by atoms with E-state index in [1.54, 1.807) is 0 Å². The fourth-order valence-electron chi connectivity index (χ4n) is 3.08. The third-order valence-electron chi connectivity index (χ3n) is 4.19. The SMILES string of the molecule is CCO[C@@H]1ON=C(c2ccccc2)[C@H]2ON=C(c3ccccc3)[C@@H]12. The number of fused-ring (bicyclic) bond motifs is 1. The van der Waals surface area contributed by atoms with E-state index in [4.69, 9.17) is 14.4 Å². The normalized spacial score (nSPS) is 25.1. The van der Waals surface area contributed by atoms with Crippen molar-refractivity contribution in [1.29, 1.82) is 0 Å². The van der Waals surface area contributed by atoms with Crippen LogP contribution < -0.4 is 0 Å². The van der Waals surface area contributed by atoms with Crippen LogP contribution in [0.25, 0.3) is 0 Å². The minimum atomic E-state index is -0.506. The van der Waals surface area contributed by atoms with Crippen LogP contribution in [-0.2, 0) is 14.4 Å². The zero-order chi connectivity index (χ0) is 16.4. The van der Waals surface area contributed by atoms with E-state index >= 15 is 0 Å². The molecule has 0 N–H and O–H groups in total. The Morgan fingerprint density at radius 1 is 0.833 bits per heavy atom. The van der Waals surface area contributed by atoms with Crippen LogP contribution in [0.5, 0.6) is 0 Å². The Morgan fingerprint density at radius 2 is 1.42 bits per heavy atom. The van der Waals surface area contributed by atoms with Gasteiger partial charge in [-0.3, -0.25) is 0 Å². The van der Waals surface area contributed by atoms with E-state index < -0.39 is 6.29 Å². The number of nitrogens with zero attached hydrogens (tertiary/aromatic N) is 2. The van der Waals surface area contributed by atoms with E-state index in [1.165, 1.54) is 0 Å². The van der Waals surface area contributed by atoms with Gasteiger partial charge in [-0.25, -0.2) is 0 Å². The Kier molecular flexibility index (Phi) is 4.01. The molecule has 2 aromatic carbocycles. The number of oxime groups is 2. The van der Waals surface area contributed by atoms with Crippen molar-refractivity contribution in [2.45, 2.75) is 19.3 Å². The summed E-state index contributed by atoms with van der Waals surface area (Å²) in [5.74, 6) is -0.153. The van der Waals surface area contributed by atoms with Crippen LogP contribution in [0, 0.1) is 5.92 Å². The van der Waals surface area contributed by atoms with Gasteiger partial charge in [0.15, 0.2) is 6.10 Å². The topological polar surface area (TPSA) is 52.4 Å². The lowest BCUT2D eigenvalue weighted by molar-refractivity contribution is -0.175. The summed E-state index contributed by atoms with van der Waals surface area (Å²) in [4.78, 5) is 11.4. The zero-order valence-electron chi connectivity index (χ0n) is 13.3. The van der Waals surface area contributed by atoms with Crippen LogP contribution in [-0.4, -0.2) is 30.4 Å². The lowest BCUT2D eigenvalue weighted by Crippen LogP contribution is -2.45. The molecule has 2 aliphatic heterocycles. The molecule has 0 aromatic heterocycles. The first-order valence-electron chi connectivity index (χ1n) is 8.08. The highest BCUT2D eigenvalue weighted by Crippen LogP contribution is 2.34. The van der Waals surface area contributed by atoms with Crippen LogP contribution in [0.4, 0.5) is 0 Å². The maximum atomic E-state index is 5.76. The molecule has 2 aliphatic rings. The van der Waals surface area contributed by atoms with Gasteiger partial charge in [0.1, 0.15) is 17.3 Å². The van der Waals surface area contributed by atoms with E-state index in [0.29, 0.717) is 6.61 Å². The van der Waals surface area contributed by atoms with Crippen molar-refractivity contribution in [1.82, 2.24) is 0 Å². The number of ether oxygens (including phenoxy) is 1. The molecule has 0 aliphatic carbocycles. The van der Waals surface area contributed by atoms with Crippen molar-refractivity contribution >= 4 is 11.4 Å². The number of benzene rings is 2. The second-order valence-electron chi connectivity index (χ2n) is 5.67. The van der Waals surface area contributed by atoms with Gasteiger partial charge in [-0.1, -0.05) is 71.0 Å². The smallest absolute Gasteiger partial charge is 0.239 e. The molecule has 122 valence electrons. The molecule has 0 saturated heterocycles. The lowest BCUT2D eigenvalue weighted by Gasteiger charge is -2.30. The van der Waals surface area contributed by atoms with Crippen molar-refractivity contribution in [3.8, 4) is 0 Å². The Bertz CT molecular complexity index is 759. The summed E-state index contributed by atoms with van der Waals surface area (Å²) in [5, 5.41) is 8.60. The van der Waals surface area contributed by atoms with Crippen molar-refractivity contribution in [3.05, 3.63) is 71.8 Å². The monoisotopic (exact) mass is 322 g/mol. The van der Waals surface area contributed by atoms with Gasteiger partial charge < -0.3 is 14.4 Å². The first-order valence-corrected chi connectivity index (χ1v) is 8.08. The van der Waals surface area contributed by atoms with Gasteiger partial charge in [0.2, 0.25) is 6.29 Å². The van der Waals surface area contributed by atoms with E-state index in [9.17, 15) is 0 Å². The Balaban J connectivity index is 1.71. The first-order chi connectivity index (χ1) is 11.9. The average Bonchev–Trinajstić information content (AvgIpc) is 3.09. The zero-order valence-corrected chi connectivity index (χ0v) is 13.3. The molecule has 0 radical (unpaired) electrons. The second-order valence-corrected chi connectivity index (χ2v) is 5.67. The van der Waals surface area contributed by atoms with Gasteiger partial charge in [0.25, 0.3) is 0 Å². The Labute approximate surface area is 140 Å². The largest absolute Gasteiger partial charge is 0.385 e. The molecule has 3 atom stereocenters.